The first-order chi connectivity index (χ1) is 10.8. The molecular weight excluding hydrogens is 280 g/mol. The van der Waals surface area contributed by atoms with Gasteiger partial charge in [-0.25, -0.2) is 0 Å². The summed E-state index contributed by atoms with van der Waals surface area (Å²) in [6.45, 7) is 3.88. The van der Waals surface area contributed by atoms with Gasteiger partial charge in [0.1, 0.15) is 0 Å². The van der Waals surface area contributed by atoms with Crippen molar-refractivity contribution in [3.8, 4) is 0 Å². The Morgan fingerprint density at radius 2 is 1.73 bits per heavy atom. The summed E-state index contributed by atoms with van der Waals surface area (Å²) >= 11 is 0. The first kappa shape index (κ1) is 15.6. The number of carbonyl (C=O) groups is 1. The van der Waals surface area contributed by atoms with E-state index in [0.717, 1.165) is 58.7 Å². The second kappa shape index (κ2) is 7.29. The van der Waals surface area contributed by atoms with Crippen molar-refractivity contribution < 1.29 is 14.3 Å². The molecule has 2 aliphatic heterocycles. The second-order valence-corrected chi connectivity index (χ2v) is 6.46. The van der Waals surface area contributed by atoms with E-state index in [9.17, 15) is 4.79 Å². The summed E-state index contributed by atoms with van der Waals surface area (Å²) in [5.41, 5.74) is -0.124. The highest BCUT2D eigenvalue weighted by atomic mass is 16.5. The lowest BCUT2D eigenvalue weighted by atomic mass is 9.85. The molecule has 5 heteroatoms. The molecule has 22 heavy (non-hydrogen) atoms. The van der Waals surface area contributed by atoms with Gasteiger partial charge in [-0.05, 0) is 43.7 Å². The van der Waals surface area contributed by atoms with Crippen molar-refractivity contribution in [1.82, 2.24) is 9.88 Å². The van der Waals surface area contributed by atoms with Gasteiger partial charge in [-0.3, -0.25) is 4.79 Å². The minimum absolute atomic E-state index is 0.124. The molecular formula is C17H26N2O3. The summed E-state index contributed by atoms with van der Waals surface area (Å²) in [5.74, 6) is 0.719. The van der Waals surface area contributed by atoms with Crippen molar-refractivity contribution in [1.29, 1.82) is 0 Å². The predicted octanol–water partition coefficient (Wildman–Crippen LogP) is 1.93. The lowest BCUT2D eigenvalue weighted by Crippen LogP contribution is -2.44. The van der Waals surface area contributed by atoms with Crippen molar-refractivity contribution in [3.05, 3.63) is 24.5 Å². The van der Waals surface area contributed by atoms with Gasteiger partial charge in [0.25, 0.3) is 0 Å². The van der Waals surface area contributed by atoms with Crippen LogP contribution in [-0.4, -0.2) is 43.4 Å². The molecule has 1 aromatic heterocycles. The van der Waals surface area contributed by atoms with Gasteiger partial charge in [-0.1, -0.05) is 0 Å². The van der Waals surface area contributed by atoms with Crippen LogP contribution in [0, 0.1) is 5.92 Å². The molecule has 0 unspecified atom stereocenters. The number of nitrogens with zero attached hydrogens (tertiary/aromatic N) is 1. The van der Waals surface area contributed by atoms with Crippen molar-refractivity contribution >= 4 is 5.91 Å². The molecule has 3 heterocycles. The topological polar surface area (TPSA) is 52.5 Å². The van der Waals surface area contributed by atoms with Crippen LogP contribution in [0.5, 0.6) is 0 Å². The molecule has 0 radical (unpaired) electrons. The maximum absolute atomic E-state index is 12.5. The summed E-state index contributed by atoms with van der Waals surface area (Å²) in [4.78, 5) is 12.5. The maximum Gasteiger partial charge on any atom is 0.222 e. The molecule has 2 saturated heterocycles. The molecule has 2 fully saturated rings. The molecule has 1 aromatic rings. The molecule has 0 bridgehead atoms. The zero-order valence-electron chi connectivity index (χ0n) is 13.1. The third kappa shape index (κ3) is 3.70. The number of nitrogens with one attached hydrogen (secondary N) is 1. The third-order valence-corrected chi connectivity index (χ3v) is 4.99. The Morgan fingerprint density at radius 1 is 1.09 bits per heavy atom. The van der Waals surface area contributed by atoms with E-state index in [1.807, 2.05) is 12.1 Å². The Morgan fingerprint density at radius 3 is 2.41 bits per heavy atom. The van der Waals surface area contributed by atoms with E-state index < -0.39 is 0 Å². The fourth-order valence-corrected chi connectivity index (χ4v) is 3.50. The monoisotopic (exact) mass is 306 g/mol. The molecule has 122 valence electrons. The van der Waals surface area contributed by atoms with E-state index in [4.69, 9.17) is 9.47 Å². The van der Waals surface area contributed by atoms with Crippen molar-refractivity contribution in [3.63, 3.8) is 0 Å². The molecule has 2 aliphatic rings. The summed E-state index contributed by atoms with van der Waals surface area (Å²) < 4.78 is 13.1. The molecule has 0 aromatic carbocycles. The fourth-order valence-electron chi connectivity index (χ4n) is 3.50. The number of aromatic nitrogens is 1. The highest BCUT2D eigenvalue weighted by molar-refractivity contribution is 5.77. The van der Waals surface area contributed by atoms with Gasteiger partial charge in [-0.15, -0.1) is 0 Å². The van der Waals surface area contributed by atoms with E-state index in [2.05, 4.69) is 22.3 Å². The summed E-state index contributed by atoms with van der Waals surface area (Å²) in [7, 11) is 0. The van der Waals surface area contributed by atoms with E-state index >= 15 is 0 Å². The highest BCUT2D eigenvalue weighted by Gasteiger charge is 2.36. The lowest BCUT2D eigenvalue weighted by Gasteiger charge is -2.38. The lowest BCUT2D eigenvalue weighted by molar-refractivity contribution is -0.125. The van der Waals surface area contributed by atoms with E-state index in [0.29, 0.717) is 12.3 Å². The first-order valence-corrected chi connectivity index (χ1v) is 8.34. The SMILES string of the molecule is O=C(CC1(n2cccc2)CCOCC1)NCC1CCOCC1. The van der Waals surface area contributed by atoms with Crippen LogP contribution in [0.2, 0.25) is 0 Å². The molecule has 0 saturated carbocycles. The molecule has 1 amide bonds. The number of amides is 1. The van der Waals surface area contributed by atoms with Gasteiger partial charge in [0.2, 0.25) is 5.91 Å². The van der Waals surface area contributed by atoms with Gasteiger partial charge in [0.05, 0.1) is 12.0 Å². The zero-order chi connectivity index (χ0) is 15.3. The van der Waals surface area contributed by atoms with E-state index in [1.54, 1.807) is 0 Å². The van der Waals surface area contributed by atoms with Crippen molar-refractivity contribution in [2.45, 2.75) is 37.6 Å². The molecule has 0 aliphatic carbocycles. The van der Waals surface area contributed by atoms with Gasteiger partial charge in [0.15, 0.2) is 0 Å². The minimum atomic E-state index is -0.124. The summed E-state index contributed by atoms with van der Waals surface area (Å²) in [6, 6.07) is 4.05. The Hall–Kier alpha value is -1.33. The normalized spacial score (nSPS) is 22.4. The molecule has 0 atom stereocenters. The standard InChI is InChI=1S/C17H26N2O3/c20-16(18-14-15-3-9-21-10-4-15)13-17(5-11-22-12-6-17)19-7-1-2-8-19/h1-2,7-8,15H,3-6,9-14H2,(H,18,20). The average molecular weight is 306 g/mol. The van der Waals surface area contributed by atoms with Crippen molar-refractivity contribution in [2.75, 3.05) is 33.0 Å². The minimum Gasteiger partial charge on any atom is -0.381 e. The van der Waals surface area contributed by atoms with Crippen molar-refractivity contribution in [2.24, 2.45) is 5.92 Å². The Labute approximate surface area is 132 Å². The third-order valence-electron chi connectivity index (χ3n) is 4.99. The van der Waals surface area contributed by atoms with Crippen LogP contribution < -0.4 is 5.32 Å². The highest BCUT2D eigenvalue weighted by Crippen LogP contribution is 2.33. The fraction of sp³-hybridized carbons (Fsp3) is 0.706. The van der Waals surface area contributed by atoms with Gasteiger partial charge in [0, 0.05) is 45.4 Å². The van der Waals surface area contributed by atoms with Crippen LogP contribution in [0.15, 0.2) is 24.5 Å². The average Bonchev–Trinajstić information content (AvgIpc) is 3.10. The number of ether oxygens (including phenoxy) is 2. The van der Waals surface area contributed by atoms with Gasteiger partial charge < -0.3 is 19.4 Å². The van der Waals surface area contributed by atoms with E-state index in [1.165, 1.54) is 0 Å². The second-order valence-electron chi connectivity index (χ2n) is 6.46. The van der Waals surface area contributed by atoms with Crippen LogP contribution in [0.1, 0.15) is 32.1 Å². The van der Waals surface area contributed by atoms with Crippen LogP contribution in [-0.2, 0) is 19.8 Å². The maximum atomic E-state index is 12.5. The first-order valence-electron chi connectivity index (χ1n) is 8.34. The van der Waals surface area contributed by atoms with Crippen LogP contribution in [0.4, 0.5) is 0 Å². The summed E-state index contributed by atoms with van der Waals surface area (Å²) in [5, 5.41) is 3.14. The number of rotatable bonds is 5. The van der Waals surface area contributed by atoms with Crippen LogP contribution >= 0.6 is 0 Å². The number of hydrogen-bond donors (Lipinski definition) is 1. The van der Waals surface area contributed by atoms with Gasteiger partial charge >= 0.3 is 0 Å². The number of carbonyl (C=O) groups excluding carboxylic acids is 1. The summed E-state index contributed by atoms with van der Waals surface area (Å²) in [6.07, 6.45) is 8.56. The predicted molar refractivity (Wildman–Crippen MR) is 83.6 cm³/mol. The smallest absolute Gasteiger partial charge is 0.222 e. The Kier molecular flexibility index (Phi) is 5.16. The Bertz CT molecular complexity index is 460. The van der Waals surface area contributed by atoms with Crippen LogP contribution in [0.3, 0.4) is 0 Å². The van der Waals surface area contributed by atoms with Gasteiger partial charge in [-0.2, -0.15) is 0 Å². The van der Waals surface area contributed by atoms with E-state index in [-0.39, 0.29) is 11.4 Å². The van der Waals surface area contributed by atoms with Crippen LogP contribution in [0.25, 0.3) is 0 Å². The zero-order valence-corrected chi connectivity index (χ0v) is 13.1. The quantitative estimate of drug-likeness (QED) is 0.904. The molecule has 3 rings (SSSR count). The Balaban J connectivity index is 1.57. The molecule has 1 N–H and O–H groups in total. The molecule has 5 nitrogen and oxygen atoms in total. The molecule has 0 spiro atoms. The number of hydrogen-bond acceptors (Lipinski definition) is 3. The largest absolute Gasteiger partial charge is 0.381 e.